The van der Waals surface area contributed by atoms with Crippen molar-refractivity contribution in [3.63, 3.8) is 0 Å². The Kier molecular flexibility index (Phi) is 1.46. The summed E-state index contributed by atoms with van der Waals surface area (Å²) < 4.78 is 1.44. The van der Waals surface area contributed by atoms with Gasteiger partial charge in [-0.1, -0.05) is 18.2 Å². The molecule has 1 saturated carbocycles. The average Bonchev–Trinajstić information content (AvgIpc) is 2.68. The summed E-state index contributed by atoms with van der Waals surface area (Å²) in [5, 5.41) is 4.93. The van der Waals surface area contributed by atoms with Crippen LogP contribution in [0.15, 0.2) is 30.3 Å². The number of hydrogen-bond donors (Lipinski definition) is 1. The molecule has 1 aromatic carbocycles. The van der Waals surface area contributed by atoms with Gasteiger partial charge in [-0.2, -0.15) is 0 Å². The summed E-state index contributed by atoms with van der Waals surface area (Å²) in [6.07, 6.45) is 1.41. The van der Waals surface area contributed by atoms with Crippen molar-refractivity contribution < 1.29 is 0 Å². The van der Waals surface area contributed by atoms with Gasteiger partial charge in [0, 0.05) is 21.5 Å². The summed E-state index contributed by atoms with van der Waals surface area (Å²) in [5.74, 6) is 0.922. The Morgan fingerprint density at radius 2 is 2.27 bits per heavy atom. The molecule has 2 aromatic rings. The van der Waals surface area contributed by atoms with Crippen LogP contribution in [0.5, 0.6) is 0 Å². The Bertz CT molecular complexity index is 497. The van der Waals surface area contributed by atoms with E-state index in [1.165, 1.54) is 29.6 Å². The molecule has 2 heterocycles. The highest BCUT2D eigenvalue weighted by Crippen LogP contribution is 2.58. The van der Waals surface area contributed by atoms with Crippen LogP contribution in [0.2, 0.25) is 0 Å². The number of piperidine rings is 1. The van der Waals surface area contributed by atoms with Gasteiger partial charge in [-0.15, -0.1) is 11.3 Å². The molecule has 0 radical (unpaired) electrons. The summed E-state index contributed by atoms with van der Waals surface area (Å²) in [7, 11) is 0. The van der Waals surface area contributed by atoms with Crippen LogP contribution in [0.25, 0.3) is 10.1 Å². The predicted octanol–water partition coefficient (Wildman–Crippen LogP) is 2.76. The molecule has 2 fully saturated rings. The quantitative estimate of drug-likeness (QED) is 0.771. The molecule has 4 rings (SSSR count). The molecular weight excluding hydrogens is 202 g/mol. The van der Waals surface area contributed by atoms with Crippen molar-refractivity contribution in [2.45, 2.75) is 11.8 Å². The maximum Gasteiger partial charge on any atom is 0.0345 e. The molecule has 0 spiro atoms. The monoisotopic (exact) mass is 215 g/mol. The smallest absolute Gasteiger partial charge is 0.0345 e. The molecule has 2 atom stereocenters. The van der Waals surface area contributed by atoms with E-state index in [2.05, 4.69) is 35.6 Å². The van der Waals surface area contributed by atoms with E-state index in [1.54, 1.807) is 4.88 Å². The van der Waals surface area contributed by atoms with E-state index in [0.717, 1.165) is 5.92 Å². The van der Waals surface area contributed by atoms with Gasteiger partial charge in [-0.05, 0) is 36.4 Å². The topological polar surface area (TPSA) is 12.0 Å². The molecule has 1 aliphatic heterocycles. The van der Waals surface area contributed by atoms with Crippen LogP contribution in [0, 0.1) is 5.92 Å². The first-order valence-corrected chi connectivity index (χ1v) is 6.40. The number of thiophene rings is 1. The summed E-state index contributed by atoms with van der Waals surface area (Å²) in [6.45, 7) is 2.43. The summed E-state index contributed by atoms with van der Waals surface area (Å²) in [5.41, 5.74) is 0.531. The van der Waals surface area contributed by atoms with Crippen LogP contribution in [0.4, 0.5) is 0 Å². The molecule has 1 unspecified atom stereocenters. The van der Waals surface area contributed by atoms with Crippen LogP contribution in [0.1, 0.15) is 11.3 Å². The van der Waals surface area contributed by atoms with Crippen molar-refractivity contribution in [1.82, 2.24) is 5.32 Å². The minimum Gasteiger partial charge on any atom is -0.315 e. The molecule has 76 valence electrons. The summed E-state index contributed by atoms with van der Waals surface area (Å²) in [4.78, 5) is 1.61. The SMILES string of the molecule is c1ccc2sc(C34CNC[C@@H]3C4)cc2c1. The third kappa shape index (κ3) is 1.01. The molecular formula is C13H13NS. The van der Waals surface area contributed by atoms with Crippen LogP contribution in [-0.2, 0) is 5.41 Å². The largest absolute Gasteiger partial charge is 0.315 e. The predicted molar refractivity (Wildman–Crippen MR) is 64.5 cm³/mol. The van der Waals surface area contributed by atoms with Crippen LogP contribution in [-0.4, -0.2) is 13.1 Å². The van der Waals surface area contributed by atoms with Crippen molar-refractivity contribution >= 4 is 21.4 Å². The minimum absolute atomic E-state index is 0.531. The molecule has 1 nitrogen and oxygen atoms in total. The zero-order chi connectivity index (χ0) is 9.88. The highest BCUT2D eigenvalue weighted by molar-refractivity contribution is 7.19. The fourth-order valence-electron chi connectivity index (χ4n) is 2.95. The van der Waals surface area contributed by atoms with Crippen LogP contribution in [0.3, 0.4) is 0 Å². The third-order valence-electron chi connectivity index (χ3n) is 3.98. The lowest BCUT2D eigenvalue weighted by atomic mass is 10.0. The van der Waals surface area contributed by atoms with E-state index in [-0.39, 0.29) is 0 Å². The van der Waals surface area contributed by atoms with Crippen molar-refractivity contribution in [2.24, 2.45) is 5.92 Å². The Labute approximate surface area is 93.1 Å². The summed E-state index contributed by atoms with van der Waals surface area (Å²) in [6, 6.07) is 11.1. The Hall–Kier alpha value is -0.860. The second-order valence-corrected chi connectivity index (χ2v) is 5.92. The van der Waals surface area contributed by atoms with Crippen LogP contribution < -0.4 is 5.32 Å². The van der Waals surface area contributed by atoms with Crippen molar-refractivity contribution in [3.8, 4) is 0 Å². The van der Waals surface area contributed by atoms with Crippen LogP contribution >= 0.6 is 11.3 Å². The minimum atomic E-state index is 0.531. The first-order chi connectivity index (χ1) is 7.38. The van der Waals surface area contributed by atoms with Gasteiger partial charge in [0.25, 0.3) is 0 Å². The highest BCUT2D eigenvalue weighted by Gasteiger charge is 2.58. The number of benzene rings is 1. The fraction of sp³-hybridized carbons (Fsp3) is 0.385. The van der Waals surface area contributed by atoms with E-state index in [9.17, 15) is 0 Å². The maximum absolute atomic E-state index is 3.51. The van der Waals surface area contributed by atoms with Crippen molar-refractivity contribution in [2.75, 3.05) is 13.1 Å². The lowest BCUT2D eigenvalue weighted by Crippen LogP contribution is -2.18. The van der Waals surface area contributed by atoms with Gasteiger partial charge in [0.15, 0.2) is 0 Å². The Balaban J connectivity index is 1.89. The molecule has 2 heteroatoms. The normalized spacial score (nSPS) is 33.2. The molecule has 0 bridgehead atoms. The van der Waals surface area contributed by atoms with Gasteiger partial charge in [-0.3, -0.25) is 0 Å². The third-order valence-corrected chi connectivity index (χ3v) is 5.32. The molecule has 1 aromatic heterocycles. The Morgan fingerprint density at radius 1 is 1.33 bits per heavy atom. The molecule has 1 aliphatic carbocycles. The molecule has 2 aliphatic rings. The zero-order valence-corrected chi connectivity index (χ0v) is 9.31. The van der Waals surface area contributed by atoms with Gasteiger partial charge in [0.1, 0.15) is 0 Å². The highest BCUT2D eigenvalue weighted by atomic mass is 32.1. The van der Waals surface area contributed by atoms with E-state index >= 15 is 0 Å². The number of rotatable bonds is 1. The van der Waals surface area contributed by atoms with Gasteiger partial charge >= 0.3 is 0 Å². The van der Waals surface area contributed by atoms with Gasteiger partial charge in [-0.25, -0.2) is 0 Å². The van der Waals surface area contributed by atoms with Gasteiger partial charge in [0.05, 0.1) is 0 Å². The van der Waals surface area contributed by atoms with Crippen molar-refractivity contribution in [3.05, 3.63) is 35.2 Å². The second-order valence-electron chi connectivity index (χ2n) is 4.84. The van der Waals surface area contributed by atoms with E-state index < -0.39 is 0 Å². The molecule has 15 heavy (non-hydrogen) atoms. The van der Waals surface area contributed by atoms with Gasteiger partial charge in [0.2, 0.25) is 0 Å². The van der Waals surface area contributed by atoms with E-state index in [0.29, 0.717) is 5.41 Å². The average molecular weight is 215 g/mol. The number of hydrogen-bond acceptors (Lipinski definition) is 2. The summed E-state index contributed by atoms with van der Waals surface area (Å²) >= 11 is 2.00. The lowest BCUT2D eigenvalue weighted by Gasteiger charge is -2.07. The lowest BCUT2D eigenvalue weighted by molar-refractivity contribution is 0.686. The van der Waals surface area contributed by atoms with Gasteiger partial charge < -0.3 is 5.32 Å². The molecule has 1 N–H and O–H groups in total. The van der Waals surface area contributed by atoms with E-state index in [1.807, 2.05) is 11.3 Å². The fourth-order valence-corrected chi connectivity index (χ4v) is 4.29. The Morgan fingerprint density at radius 3 is 3.00 bits per heavy atom. The second kappa shape index (κ2) is 2.63. The first-order valence-electron chi connectivity index (χ1n) is 5.58. The number of fused-ring (bicyclic) bond motifs is 2. The molecule has 0 amide bonds. The maximum atomic E-state index is 3.51. The standard InChI is InChI=1S/C13H13NS/c1-2-4-11-9(3-1)5-12(15-11)13-6-10(13)7-14-8-13/h1-5,10,14H,6-8H2/t10-,13?/m0/s1. The van der Waals surface area contributed by atoms with Crippen molar-refractivity contribution in [1.29, 1.82) is 0 Å². The molecule has 1 saturated heterocycles. The number of nitrogens with one attached hydrogen (secondary N) is 1. The van der Waals surface area contributed by atoms with E-state index in [4.69, 9.17) is 0 Å². The first kappa shape index (κ1) is 8.31. The zero-order valence-electron chi connectivity index (χ0n) is 8.49.